The van der Waals surface area contributed by atoms with Crippen molar-refractivity contribution < 1.29 is 4.42 Å². The highest BCUT2D eigenvalue weighted by Crippen LogP contribution is 2.28. The van der Waals surface area contributed by atoms with Crippen molar-refractivity contribution in [2.75, 3.05) is 18.0 Å². The molecule has 1 aromatic carbocycles. The first-order chi connectivity index (χ1) is 12.8. The van der Waals surface area contributed by atoms with Gasteiger partial charge in [-0.1, -0.05) is 35.5 Å². The van der Waals surface area contributed by atoms with E-state index in [1.165, 1.54) is 24.8 Å². The Morgan fingerprint density at radius 2 is 1.96 bits per heavy atom. The molecule has 3 heterocycles. The summed E-state index contributed by atoms with van der Waals surface area (Å²) in [6, 6.07) is 11.9. The summed E-state index contributed by atoms with van der Waals surface area (Å²) in [5.74, 6) is 2.65. The topological polar surface area (TPSA) is 47.1 Å². The first-order valence-electron chi connectivity index (χ1n) is 8.87. The Kier molecular flexibility index (Phi) is 5.51. The molecule has 0 radical (unpaired) electrons. The van der Waals surface area contributed by atoms with Crippen molar-refractivity contribution in [3.05, 3.63) is 59.0 Å². The number of benzene rings is 1. The Bertz CT molecular complexity index is 843. The van der Waals surface area contributed by atoms with Crippen LogP contribution in [0.25, 0.3) is 0 Å². The second-order valence-electron chi connectivity index (χ2n) is 6.41. The zero-order chi connectivity index (χ0) is 17.8. The largest absolute Gasteiger partial charge is 0.467 e. The molecule has 136 valence electrons. The van der Waals surface area contributed by atoms with Gasteiger partial charge in [-0.15, -0.1) is 10.2 Å². The third-order valence-corrected chi connectivity index (χ3v) is 5.76. The molecular formula is C19H21ClN4OS. The maximum atomic E-state index is 6.10. The van der Waals surface area contributed by atoms with E-state index < -0.39 is 0 Å². The van der Waals surface area contributed by atoms with Crippen molar-refractivity contribution in [1.82, 2.24) is 14.8 Å². The maximum absolute atomic E-state index is 6.10. The SMILES string of the molecule is Clc1cccc(CSc2nnc(N3CCCCC3)n2Cc2ccco2)c1. The average molecular weight is 389 g/mol. The van der Waals surface area contributed by atoms with Gasteiger partial charge in [0, 0.05) is 23.9 Å². The first-order valence-corrected chi connectivity index (χ1v) is 10.2. The van der Waals surface area contributed by atoms with Crippen molar-refractivity contribution in [3.63, 3.8) is 0 Å². The van der Waals surface area contributed by atoms with Crippen molar-refractivity contribution in [3.8, 4) is 0 Å². The first kappa shape index (κ1) is 17.5. The molecule has 5 nitrogen and oxygen atoms in total. The van der Waals surface area contributed by atoms with Crippen LogP contribution in [0.1, 0.15) is 30.6 Å². The summed E-state index contributed by atoms with van der Waals surface area (Å²) in [6.07, 6.45) is 5.41. The van der Waals surface area contributed by atoms with E-state index in [1.807, 2.05) is 30.3 Å². The van der Waals surface area contributed by atoms with Crippen LogP contribution in [0.3, 0.4) is 0 Å². The van der Waals surface area contributed by atoms with E-state index in [0.717, 1.165) is 40.7 Å². The van der Waals surface area contributed by atoms with Crippen LogP contribution >= 0.6 is 23.4 Å². The highest BCUT2D eigenvalue weighted by molar-refractivity contribution is 7.98. The Hall–Kier alpha value is -1.92. The van der Waals surface area contributed by atoms with E-state index >= 15 is 0 Å². The van der Waals surface area contributed by atoms with E-state index in [2.05, 4.69) is 25.7 Å². The summed E-state index contributed by atoms with van der Waals surface area (Å²) in [6.45, 7) is 2.72. The predicted molar refractivity (Wildman–Crippen MR) is 105 cm³/mol. The number of hydrogen-bond donors (Lipinski definition) is 0. The van der Waals surface area contributed by atoms with Crippen LogP contribution < -0.4 is 4.90 Å². The molecule has 0 aliphatic carbocycles. The number of nitrogens with zero attached hydrogens (tertiary/aromatic N) is 4. The quantitative estimate of drug-likeness (QED) is 0.564. The number of thioether (sulfide) groups is 1. The van der Waals surface area contributed by atoms with Crippen molar-refractivity contribution >= 4 is 29.3 Å². The summed E-state index contributed by atoms with van der Waals surface area (Å²) >= 11 is 7.77. The van der Waals surface area contributed by atoms with Gasteiger partial charge in [-0.2, -0.15) is 0 Å². The van der Waals surface area contributed by atoms with Gasteiger partial charge in [0.2, 0.25) is 5.95 Å². The van der Waals surface area contributed by atoms with Gasteiger partial charge in [-0.25, -0.2) is 0 Å². The van der Waals surface area contributed by atoms with Crippen LogP contribution in [0, 0.1) is 0 Å². The van der Waals surface area contributed by atoms with E-state index in [4.69, 9.17) is 16.0 Å². The minimum atomic E-state index is 0.643. The molecule has 1 fully saturated rings. The van der Waals surface area contributed by atoms with Gasteiger partial charge in [0.15, 0.2) is 5.16 Å². The van der Waals surface area contributed by atoms with Gasteiger partial charge in [-0.3, -0.25) is 4.57 Å². The second-order valence-corrected chi connectivity index (χ2v) is 7.79. The van der Waals surface area contributed by atoms with Crippen molar-refractivity contribution in [2.24, 2.45) is 0 Å². The number of rotatable bonds is 6. The summed E-state index contributed by atoms with van der Waals surface area (Å²) in [5.41, 5.74) is 1.18. The molecule has 1 saturated heterocycles. The molecule has 0 amide bonds. The summed E-state index contributed by atoms with van der Waals surface area (Å²) in [4.78, 5) is 2.34. The van der Waals surface area contributed by atoms with Gasteiger partial charge in [0.25, 0.3) is 0 Å². The van der Waals surface area contributed by atoms with Crippen molar-refractivity contribution in [2.45, 2.75) is 36.7 Å². The normalized spacial score (nSPS) is 14.7. The molecular weight excluding hydrogens is 368 g/mol. The van der Waals surface area contributed by atoms with Crippen LogP contribution in [0.15, 0.2) is 52.2 Å². The number of anilines is 1. The zero-order valence-electron chi connectivity index (χ0n) is 14.5. The van der Waals surface area contributed by atoms with Crippen LogP contribution in [0.2, 0.25) is 5.02 Å². The number of hydrogen-bond acceptors (Lipinski definition) is 5. The van der Waals surface area contributed by atoms with Crippen LogP contribution in [0.5, 0.6) is 0 Å². The van der Waals surface area contributed by atoms with Gasteiger partial charge >= 0.3 is 0 Å². The fourth-order valence-corrected chi connectivity index (χ4v) is 4.28. The zero-order valence-corrected chi connectivity index (χ0v) is 16.0. The van der Waals surface area contributed by atoms with Gasteiger partial charge < -0.3 is 9.32 Å². The molecule has 0 N–H and O–H groups in total. The molecule has 7 heteroatoms. The molecule has 26 heavy (non-hydrogen) atoms. The molecule has 3 aromatic rings. The minimum absolute atomic E-state index is 0.643. The number of furan rings is 1. The lowest BCUT2D eigenvalue weighted by molar-refractivity contribution is 0.479. The van der Waals surface area contributed by atoms with E-state index in [0.29, 0.717) is 6.54 Å². The highest BCUT2D eigenvalue weighted by Gasteiger charge is 2.21. The van der Waals surface area contributed by atoms with Gasteiger partial charge in [0.05, 0.1) is 12.8 Å². The standard InChI is InChI=1S/C19H21ClN4OS/c20-16-7-4-6-15(12-16)14-26-19-22-21-18(23-9-2-1-3-10-23)24(19)13-17-8-5-11-25-17/h4-8,11-12H,1-3,9-10,13-14H2. The molecule has 0 saturated carbocycles. The Morgan fingerprint density at radius 1 is 1.08 bits per heavy atom. The molecule has 0 atom stereocenters. The molecule has 1 aliphatic rings. The average Bonchev–Trinajstić information content (AvgIpc) is 3.31. The maximum Gasteiger partial charge on any atom is 0.228 e. The molecule has 1 aliphatic heterocycles. The Morgan fingerprint density at radius 3 is 2.73 bits per heavy atom. The second kappa shape index (κ2) is 8.18. The summed E-state index contributed by atoms with van der Waals surface area (Å²) in [5, 5.41) is 10.6. The number of aromatic nitrogens is 3. The van der Waals surface area contributed by atoms with Crippen LogP contribution in [0.4, 0.5) is 5.95 Å². The molecule has 0 spiro atoms. The fraction of sp³-hybridized carbons (Fsp3) is 0.368. The summed E-state index contributed by atoms with van der Waals surface area (Å²) in [7, 11) is 0. The highest BCUT2D eigenvalue weighted by atomic mass is 35.5. The van der Waals surface area contributed by atoms with E-state index in [1.54, 1.807) is 18.0 Å². The van der Waals surface area contributed by atoms with Crippen LogP contribution in [-0.2, 0) is 12.3 Å². The Balaban J connectivity index is 1.57. The molecule has 2 aromatic heterocycles. The number of piperidine rings is 1. The minimum Gasteiger partial charge on any atom is -0.467 e. The lowest BCUT2D eigenvalue weighted by Crippen LogP contribution is -2.32. The van der Waals surface area contributed by atoms with E-state index in [9.17, 15) is 0 Å². The Labute approximate surface area is 162 Å². The van der Waals surface area contributed by atoms with Gasteiger partial charge in [-0.05, 0) is 49.1 Å². The smallest absolute Gasteiger partial charge is 0.228 e. The fourth-order valence-electron chi connectivity index (χ4n) is 3.19. The number of halogens is 1. The van der Waals surface area contributed by atoms with Crippen LogP contribution in [-0.4, -0.2) is 27.9 Å². The predicted octanol–water partition coefficient (Wildman–Crippen LogP) is 4.86. The lowest BCUT2D eigenvalue weighted by atomic mass is 10.1. The molecule has 4 rings (SSSR count). The van der Waals surface area contributed by atoms with Crippen molar-refractivity contribution in [1.29, 1.82) is 0 Å². The van der Waals surface area contributed by atoms with E-state index in [-0.39, 0.29) is 0 Å². The third-order valence-electron chi connectivity index (χ3n) is 4.49. The summed E-state index contributed by atoms with van der Waals surface area (Å²) < 4.78 is 7.73. The molecule has 0 unspecified atom stereocenters. The monoisotopic (exact) mass is 388 g/mol. The van der Waals surface area contributed by atoms with Gasteiger partial charge in [0.1, 0.15) is 5.76 Å². The molecule has 0 bridgehead atoms. The third kappa shape index (κ3) is 4.07. The lowest BCUT2D eigenvalue weighted by Gasteiger charge is -2.27.